The van der Waals surface area contributed by atoms with Crippen molar-refractivity contribution in [2.45, 2.75) is 58.3 Å². The smallest absolute Gasteiger partial charge is 0.134 e. The summed E-state index contributed by atoms with van der Waals surface area (Å²) < 4.78 is 0. The number of nitrogens with zero attached hydrogens (tertiary/aromatic N) is 2. The molecule has 0 radical (unpaired) electrons. The van der Waals surface area contributed by atoms with Crippen LogP contribution in [0.25, 0.3) is 0 Å². The Balaban J connectivity index is 2.46. The number of hydrogen-bond donors (Lipinski definition) is 0. The first kappa shape index (κ1) is 10.6. The summed E-state index contributed by atoms with van der Waals surface area (Å²) in [6.07, 6.45) is 2.47. The minimum atomic E-state index is 0.119. The predicted molar refractivity (Wildman–Crippen MR) is 62.1 cm³/mol. The summed E-state index contributed by atoms with van der Waals surface area (Å²) in [4.78, 5) is 9.30. The van der Waals surface area contributed by atoms with Crippen LogP contribution in [0.2, 0.25) is 0 Å². The van der Waals surface area contributed by atoms with Crippen LogP contribution in [0.4, 0.5) is 0 Å². The van der Waals surface area contributed by atoms with Gasteiger partial charge in [-0.15, -0.1) is 0 Å². The van der Waals surface area contributed by atoms with Crippen LogP contribution in [0.1, 0.15) is 57.7 Å². The molecule has 1 heterocycles. The zero-order valence-corrected chi connectivity index (χ0v) is 10.4. The summed E-state index contributed by atoms with van der Waals surface area (Å²) in [6, 6.07) is 2.11. The molecular weight excluding hydrogens is 184 g/mol. The lowest BCUT2D eigenvalue weighted by Crippen LogP contribution is -2.18. The Morgan fingerprint density at radius 2 is 1.80 bits per heavy atom. The maximum atomic E-state index is 4.73. The van der Waals surface area contributed by atoms with Gasteiger partial charge in [0.15, 0.2) is 0 Å². The summed E-state index contributed by atoms with van der Waals surface area (Å²) in [7, 11) is 0. The van der Waals surface area contributed by atoms with Crippen molar-refractivity contribution in [3.63, 3.8) is 0 Å². The van der Waals surface area contributed by atoms with Gasteiger partial charge in [-0.3, -0.25) is 0 Å². The van der Waals surface area contributed by atoms with Crippen molar-refractivity contribution in [3.05, 3.63) is 23.3 Å². The second kappa shape index (κ2) is 3.03. The van der Waals surface area contributed by atoms with Crippen LogP contribution in [0.5, 0.6) is 0 Å². The lowest BCUT2D eigenvalue weighted by Gasteiger charge is -2.20. The third-order valence-corrected chi connectivity index (χ3v) is 3.16. The molecule has 1 aromatic rings. The summed E-state index contributed by atoms with van der Waals surface area (Å²) in [5, 5.41) is 0. The summed E-state index contributed by atoms with van der Waals surface area (Å²) >= 11 is 0. The molecule has 1 aromatic heterocycles. The van der Waals surface area contributed by atoms with Crippen molar-refractivity contribution < 1.29 is 0 Å². The molecule has 0 N–H and O–H groups in total. The van der Waals surface area contributed by atoms with E-state index in [2.05, 4.69) is 45.7 Å². The van der Waals surface area contributed by atoms with E-state index < -0.39 is 0 Å². The fourth-order valence-corrected chi connectivity index (χ4v) is 1.63. The largest absolute Gasteiger partial charge is 0.238 e. The van der Waals surface area contributed by atoms with Crippen molar-refractivity contribution in [2.75, 3.05) is 0 Å². The van der Waals surface area contributed by atoms with Crippen LogP contribution >= 0.6 is 0 Å². The van der Waals surface area contributed by atoms with E-state index in [4.69, 9.17) is 4.98 Å². The van der Waals surface area contributed by atoms with E-state index in [1.807, 2.05) is 0 Å². The van der Waals surface area contributed by atoms with Gasteiger partial charge in [-0.05, 0) is 25.8 Å². The third-order valence-electron chi connectivity index (χ3n) is 3.16. The molecule has 0 unspecified atom stereocenters. The maximum absolute atomic E-state index is 4.73. The predicted octanol–water partition coefficient (Wildman–Crippen LogP) is 3.13. The van der Waals surface area contributed by atoms with Crippen LogP contribution in [0.3, 0.4) is 0 Å². The molecular formula is C13H20N2. The fraction of sp³-hybridized carbons (Fsp3) is 0.692. The summed E-state index contributed by atoms with van der Waals surface area (Å²) in [5.41, 5.74) is 2.65. The third kappa shape index (κ3) is 2.04. The highest BCUT2D eigenvalue weighted by atomic mass is 14.9. The van der Waals surface area contributed by atoms with Crippen LogP contribution in [0, 0.1) is 6.92 Å². The Morgan fingerprint density at radius 1 is 1.20 bits per heavy atom. The van der Waals surface area contributed by atoms with E-state index in [-0.39, 0.29) is 10.8 Å². The van der Waals surface area contributed by atoms with Gasteiger partial charge in [0.25, 0.3) is 0 Å². The number of aromatic nitrogens is 2. The number of rotatable bonds is 1. The van der Waals surface area contributed by atoms with Crippen molar-refractivity contribution in [3.8, 4) is 0 Å². The molecule has 2 rings (SSSR count). The first-order valence-electron chi connectivity index (χ1n) is 5.68. The van der Waals surface area contributed by atoms with Gasteiger partial charge < -0.3 is 0 Å². The Bertz CT molecular complexity index is 361. The van der Waals surface area contributed by atoms with Gasteiger partial charge in [0.05, 0.1) is 0 Å². The standard InChI is InChI=1S/C13H20N2/c1-9-8-10(12(2,3)4)15-11(14-9)13(5)6-7-13/h8H,6-7H2,1-5H3. The van der Waals surface area contributed by atoms with Gasteiger partial charge in [0.1, 0.15) is 5.82 Å². The van der Waals surface area contributed by atoms with Gasteiger partial charge in [-0.25, -0.2) is 9.97 Å². The Morgan fingerprint density at radius 3 is 2.27 bits per heavy atom. The minimum Gasteiger partial charge on any atom is -0.238 e. The molecule has 0 aliphatic heterocycles. The molecule has 0 saturated heterocycles. The summed E-state index contributed by atoms with van der Waals surface area (Å²) in [6.45, 7) is 10.9. The van der Waals surface area contributed by atoms with Crippen LogP contribution in [0.15, 0.2) is 6.07 Å². The van der Waals surface area contributed by atoms with Gasteiger partial charge in [0.2, 0.25) is 0 Å². The quantitative estimate of drug-likeness (QED) is 0.702. The van der Waals surface area contributed by atoms with E-state index in [1.165, 1.54) is 12.8 Å². The number of hydrogen-bond acceptors (Lipinski definition) is 2. The molecule has 1 aliphatic carbocycles. The Kier molecular flexibility index (Phi) is 2.14. The first-order chi connectivity index (χ1) is 6.81. The molecule has 1 fully saturated rings. The normalized spacial score (nSPS) is 19.0. The number of aryl methyl sites for hydroxylation is 1. The zero-order chi connectivity index (χ0) is 11.3. The molecule has 0 bridgehead atoms. The first-order valence-corrected chi connectivity index (χ1v) is 5.68. The van der Waals surface area contributed by atoms with Crippen LogP contribution in [-0.4, -0.2) is 9.97 Å². The molecule has 0 aromatic carbocycles. The fourth-order valence-electron chi connectivity index (χ4n) is 1.63. The van der Waals surface area contributed by atoms with E-state index >= 15 is 0 Å². The molecule has 2 nitrogen and oxygen atoms in total. The van der Waals surface area contributed by atoms with Crippen molar-refractivity contribution in [1.29, 1.82) is 0 Å². The molecule has 0 amide bonds. The van der Waals surface area contributed by atoms with Crippen molar-refractivity contribution >= 4 is 0 Å². The van der Waals surface area contributed by atoms with E-state index in [1.54, 1.807) is 0 Å². The summed E-state index contributed by atoms with van der Waals surface area (Å²) in [5.74, 6) is 1.05. The lowest BCUT2D eigenvalue weighted by molar-refractivity contribution is 0.552. The van der Waals surface area contributed by atoms with Crippen molar-refractivity contribution in [1.82, 2.24) is 9.97 Å². The van der Waals surface area contributed by atoms with E-state index in [0.717, 1.165) is 17.2 Å². The molecule has 15 heavy (non-hydrogen) atoms. The second-order valence-electron chi connectivity index (χ2n) is 6.03. The maximum Gasteiger partial charge on any atom is 0.134 e. The van der Waals surface area contributed by atoms with Gasteiger partial charge in [0, 0.05) is 22.2 Å². The molecule has 82 valence electrons. The SMILES string of the molecule is Cc1cc(C(C)(C)C)nc(C2(C)CC2)n1. The van der Waals surface area contributed by atoms with E-state index in [9.17, 15) is 0 Å². The molecule has 0 atom stereocenters. The molecule has 2 heteroatoms. The van der Waals surface area contributed by atoms with Gasteiger partial charge in [-0.1, -0.05) is 27.7 Å². The Hall–Kier alpha value is -0.920. The highest BCUT2D eigenvalue weighted by molar-refractivity contribution is 5.23. The highest BCUT2D eigenvalue weighted by Crippen LogP contribution is 2.46. The van der Waals surface area contributed by atoms with Gasteiger partial charge >= 0.3 is 0 Å². The highest BCUT2D eigenvalue weighted by Gasteiger charge is 2.42. The zero-order valence-electron chi connectivity index (χ0n) is 10.4. The topological polar surface area (TPSA) is 25.8 Å². The molecule has 1 saturated carbocycles. The van der Waals surface area contributed by atoms with E-state index in [0.29, 0.717) is 0 Å². The van der Waals surface area contributed by atoms with Crippen LogP contribution in [-0.2, 0) is 10.8 Å². The minimum absolute atomic E-state index is 0.119. The van der Waals surface area contributed by atoms with Gasteiger partial charge in [-0.2, -0.15) is 0 Å². The Labute approximate surface area is 92.1 Å². The molecule has 0 spiro atoms. The van der Waals surface area contributed by atoms with Crippen molar-refractivity contribution in [2.24, 2.45) is 0 Å². The monoisotopic (exact) mass is 204 g/mol. The molecule has 1 aliphatic rings. The second-order valence-corrected chi connectivity index (χ2v) is 6.03. The average Bonchev–Trinajstić information content (AvgIpc) is 2.82. The lowest BCUT2D eigenvalue weighted by atomic mass is 9.91. The van der Waals surface area contributed by atoms with Crippen LogP contribution < -0.4 is 0 Å². The average molecular weight is 204 g/mol.